The summed E-state index contributed by atoms with van der Waals surface area (Å²) in [4.78, 5) is 11.8. The summed E-state index contributed by atoms with van der Waals surface area (Å²) < 4.78 is 5.38. The molecule has 0 spiro atoms. The van der Waals surface area contributed by atoms with Gasteiger partial charge in [0.05, 0.1) is 5.41 Å². The average Bonchev–Trinajstić information content (AvgIpc) is 2.35. The highest BCUT2D eigenvalue weighted by Gasteiger charge is 2.50. The zero-order valence-corrected chi connectivity index (χ0v) is 9.21. The predicted molar refractivity (Wildman–Crippen MR) is 54.9 cm³/mol. The molecular weight excluding hydrogens is 176 g/mol. The fourth-order valence-electron chi connectivity index (χ4n) is 2.76. The Hall–Kier alpha value is -0.530. The molecule has 1 aliphatic heterocycles. The SMILES string of the molecule is CC(C)CCC12CCCC(C1)OC2=O. The van der Waals surface area contributed by atoms with Gasteiger partial charge in [0, 0.05) is 6.42 Å². The molecule has 1 saturated heterocycles. The lowest BCUT2D eigenvalue weighted by atomic mass is 9.71. The normalized spacial score (nSPS) is 36.2. The largest absolute Gasteiger partial charge is 0.462 e. The van der Waals surface area contributed by atoms with Crippen molar-refractivity contribution in [1.82, 2.24) is 0 Å². The van der Waals surface area contributed by atoms with Crippen LogP contribution in [0.2, 0.25) is 0 Å². The zero-order valence-electron chi connectivity index (χ0n) is 9.21. The molecule has 2 heteroatoms. The molecular formula is C12H20O2. The first-order valence-corrected chi connectivity index (χ1v) is 5.83. The fraction of sp³-hybridized carbons (Fsp3) is 0.917. The number of hydrogen-bond acceptors (Lipinski definition) is 2. The minimum atomic E-state index is -0.0762. The second kappa shape index (κ2) is 3.56. The first-order valence-electron chi connectivity index (χ1n) is 5.83. The summed E-state index contributed by atoms with van der Waals surface area (Å²) in [6.07, 6.45) is 6.78. The van der Waals surface area contributed by atoms with E-state index in [0.717, 1.165) is 32.1 Å². The molecule has 2 unspecified atom stereocenters. The van der Waals surface area contributed by atoms with E-state index in [2.05, 4.69) is 13.8 Å². The first kappa shape index (κ1) is 10.0. The van der Waals surface area contributed by atoms with Gasteiger partial charge in [0.25, 0.3) is 0 Å². The van der Waals surface area contributed by atoms with Gasteiger partial charge >= 0.3 is 5.97 Å². The number of hydrogen-bond donors (Lipinski definition) is 0. The quantitative estimate of drug-likeness (QED) is 0.649. The average molecular weight is 196 g/mol. The van der Waals surface area contributed by atoms with E-state index in [1.165, 1.54) is 6.42 Å². The molecule has 0 amide bonds. The maximum atomic E-state index is 11.8. The van der Waals surface area contributed by atoms with Gasteiger partial charge < -0.3 is 4.74 Å². The van der Waals surface area contributed by atoms with Gasteiger partial charge in [-0.2, -0.15) is 0 Å². The minimum Gasteiger partial charge on any atom is -0.462 e. The number of carbonyl (C=O) groups is 1. The number of fused-ring (bicyclic) bond motifs is 2. The van der Waals surface area contributed by atoms with Crippen LogP contribution >= 0.6 is 0 Å². The molecule has 2 atom stereocenters. The van der Waals surface area contributed by atoms with Gasteiger partial charge in [-0.3, -0.25) is 4.79 Å². The van der Waals surface area contributed by atoms with Crippen LogP contribution in [-0.4, -0.2) is 12.1 Å². The topological polar surface area (TPSA) is 26.3 Å². The molecule has 2 fully saturated rings. The van der Waals surface area contributed by atoms with E-state index in [1.807, 2.05) is 0 Å². The van der Waals surface area contributed by atoms with Gasteiger partial charge in [-0.05, 0) is 38.0 Å². The Morgan fingerprint density at radius 2 is 2.36 bits per heavy atom. The Morgan fingerprint density at radius 3 is 3.07 bits per heavy atom. The fourth-order valence-corrected chi connectivity index (χ4v) is 2.76. The Labute approximate surface area is 86.0 Å². The standard InChI is InChI=1S/C12H20O2/c1-9(2)5-7-12-6-3-4-10(8-12)14-11(12)13/h9-10H,3-8H2,1-2H3. The van der Waals surface area contributed by atoms with Crippen molar-refractivity contribution in [3.63, 3.8) is 0 Å². The van der Waals surface area contributed by atoms with E-state index in [4.69, 9.17) is 4.74 Å². The van der Waals surface area contributed by atoms with Crippen LogP contribution in [0.3, 0.4) is 0 Å². The Bertz CT molecular complexity index is 234. The van der Waals surface area contributed by atoms with Gasteiger partial charge in [-0.15, -0.1) is 0 Å². The maximum Gasteiger partial charge on any atom is 0.312 e. The van der Waals surface area contributed by atoms with Gasteiger partial charge in [-0.1, -0.05) is 13.8 Å². The van der Waals surface area contributed by atoms with Crippen molar-refractivity contribution < 1.29 is 9.53 Å². The first-order chi connectivity index (χ1) is 6.62. The number of ether oxygens (including phenoxy) is 1. The van der Waals surface area contributed by atoms with Crippen LogP contribution in [0.15, 0.2) is 0 Å². The number of esters is 1. The van der Waals surface area contributed by atoms with Crippen molar-refractivity contribution in [2.75, 3.05) is 0 Å². The monoisotopic (exact) mass is 196 g/mol. The molecule has 2 bridgehead atoms. The summed E-state index contributed by atoms with van der Waals surface area (Å²) in [5.41, 5.74) is -0.0762. The third-order valence-corrected chi connectivity index (χ3v) is 3.71. The van der Waals surface area contributed by atoms with Gasteiger partial charge in [-0.25, -0.2) is 0 Å². The molecule has 80 valence electrons. The number of carbonyl (C=O) groups excluding carboxylic acids is 1. The third kappa shape index (κ3) is 1.67. The second-order valence-corrected chi connectivity index (χ2v) is 5.34. The molecule has 2 rings (SSSR count). The molecule has 1 aliphatic carbocycles. The minimum absolute atomic E-state index is 0.0762. The van der Waals surface area contributed by atoms with E-state index < -0.39 is 0 Å². The van der Waals surface area contributed by atoms with Crippen molar-refractivity contribution in [2.24, 2.45) is 11.3 Å². The van der Waals surface area contributed by atoms with Crippen molar-refractivity contribution in [3.8, 4) is 0 Å². The third-order valence-electron chi connectivity index (χ3n) is 3.71. The molecule has 1 saturated carbocycles. The van der Waals surface area contributed by atoms with Gasteiger partial charge in [0.2, 0.25) is 0 Å². The van der Waals surface area contributed by atoms with Crippen molar-refractivity contribution in [2.45, 2.75) is 58.5 Å². The summed E-state index contributed by atoms with van der Waals surface area (Å²) in [7, 11) is 0. The molecule has 0 aromatic rings. The lowest BCUT2D eigenvalue weighted by Crippen LogP contribution is -2.28. The van der Waals surface area contributed by atoms with Crippen LogP contribution in [0.5, 0.6) is 0 Å². The summed E-state index contributed by atoms with van der Waals surface area (Å²) in [5, 5.41) is 0. The summed E-state index contributed by atoms with van der Waals surface area (Å²) >= 11 is 0. The highest BCUT2D eigenvalue weighted by atomic mass is 16.6. The Kier molecular flexibility index (Phi) is 2.54. The lowest BCUT2D eigenvalue weighted by Gasteiger charge is -2.28. The van der Waals surface area contributed by atoms with Crippen LogP contribution < -0.4 is 0 Å². The van der Waals surface area contributed by atoms with Crippen LogP contribution in [0.25, 0.3) is 0 Å². The molecule has 2 nitrogen and oxygen atoms in total. The molecule has 14 heavy (non-hydrogen) atoms. The molecule has 0 N–H and O–H groups in total. The van der Waals surface area contributed by atoms with Crippen LogP contribution in [0.4, 0.5) is 0 Å². The smallest absolute Gasteiger partial charge is 0.312 e. The molecule has 0 aromatic carbocycles. The Balaban J connectivity index is 2.02. The van der Waals surface area contributed by atoms with Crippen molar-refractivity contribution in [1.29, 1.82) is 0 Å². The van der Waals surface area contributed by atoms with Crippen LogP contribution in [0, 0.1) is 11.3 Å². The number of rotatable bonds is 3. The zero-order chi connectivity index (χ0) is 10.2. The van der Waals surface area contributed by atoms with Gasteiger partial charge in [0.15, 0.2) is 0 Å². The lowest BCUT2D eigenvalue weighted by molar-refractivity contribution is -0.148. The highest BCUT2D eigenvalue weighted by molar-refractivity contribution is 5.79. The second-order valence-electron chi connectivity index (χ2n) is 5.34. The molecule has 0 aromatic heterocycles. The maximum absolute atomic E-state index is 11.8. The van der Waals surface area contributed by atoms with E-state index in [1.54, 1.807) is 0 Å². The molecule has 1 heterocycles. The highest BCUT2D eigenvalue weighted by Crippen LogP contribution is 2.48. The van der Waals surface area contributed by atoms with E-state index in [-0.39, 0.29) is 17.5 Å². The van der Waals surface area contributed by atoms with E-state index in [9.17, 15) is 4.79 Å². The Morgan fingerprint density at radius 1 is 1.57 bits per heavy atom. The van der Waals surface area contributed by atoms with Crippen molar-refractivity contribution in [3.05, 3.63) is 0 Å². The molecule has 2 aliphatic rings. The van der Waals surface area contributed by atoms with Crippen LogP contribution in [0.1, 0.15) is 52.4 Å². The predicted octanol–water partition coefficient (Wildman–Crippen LogP) is 2.91. The molecule has 0 radical (unpaired) electrons. The van der Waals surface area contributed by atoms with Crippen LogP contribution in [-0.2, 0) is 9.53 Å². The van der Waals surface area contributed by atoms with Gasteiger partial charge in [0.1, 0.15) is 6.10 Å². The summed E-state index contributed by atoms with van der Waals surface area (Å²) in [6, 6.07) is 0. The summed E-state index contributed by atoms with van der Waals surface area (Å²) in [6.45, 7) is 4.44. The van der Waals surface area contributed by atoms with E-state index >= 15 is 0 Å². The summed E-state index contributed by atoms with van der Waals surface area (Å²) in [5.74, 6) is 0.791. The van der Waals surface area contributed by atoms with Crippen molar-refractivity contribution >= 4 is 5.97 Å². The van der Waals surface area contributed by atoms with E-state index in [0.29, 0.717) is 5.92 Å².